The number of aliphatic carboxylic acids is 2. The zero-order chi connectivity index (χ0) is 11.5. The molecule has 0 unspecified atom stereocenters. The molecule has 0 spiro atoms. The first-order chi connectivity index (χ1) is 7.13. The van der Waals surface area contributed by atoms with Gasteiger partial charge < -0.3 is 14.9 Å². The lowest BCUT2D eigenvalue weighted by atomic mass is 10.5. The van der Waals surface area contributed by atoms with E-state index in [1.807, 2.05) is 0 Å². The first-order valence-electron chi connectivity index (χ1n) is 3.75. The van der Waals surface area contributed by atoms with E-state index in [1.54, 1.807) is 24.8 Å². The van der Waals surface area contributed by atoms with Crippen LogP contribution >= 0.6 is 0 Å². The number of aliphatic imine (C=N–C) groups is 1. The van der Waals surface area contributed by atoms with Crippen molar-refractivity contribution in [1.82, 2.24) is 0 Å². The monoisotopic (exact) mass is 211 g/mol. The summed E-state index contributed by atoms with van der Waals surface area (Å²) in [5, 5.41) is 15.6. The molecule has 0 radical (unpaired) electrons. The normalized spacial score (nSPS) is 12.5. The van der Waals surface area contributed by atoms with E-state index in [2.05, 4.69) is 4.99 Å². The molecular formula is C9H9NO5. The summed E-state index contributed by atoms with van der Waals surface area (Å²) in [7, 11) is 0. The van der Waals surface area contributed by atoms with Gasteiger partial charge in [-0.1, -0.05) is 0 Å². The molecule has 0 saturated heterocycles. The molecule has 0 aromatic carbocycles. The molecule has 6 heteroatoms. The van der Waals surface area contributed by atoms with Crippen molar-refractivity contribution in [3.05, 3.63) is 37.0 Å². The average molecular weight is 211 g/mol. The second-order valence-electron chi connectivity index (χ2n) is 2.06. The fourth-order valence-electron chi connectivity index (χ4n) is 0.438. The van der Waals surface area contributed by atoms with Crippen LogP contribution in [0.4, 0.5) is 0 Å². The third kappa shape index (κ3) is 11.6. The molecule has 1 heterocycles. The average Bonchev–Trinajstić information content (AvgIpc) is 2.47. The molecule has 1 aliphatic rings. The highest BCUT2D eigenvalue weighted by atomic mass is 16.5. The Morgan fingerprint density at radius 3 is 2.27 bits per heavy atom. The zero-order valence-electron chi connectivity index (χ0n) is 7.61. The molecule has 0 bridgehead atoms. The van der Waals surface area contributed by atoms with Gasteiger partial charge in [-0.15, -0.1) is 0 Å². The maximum absolute atomic E-state index is 9.55. The predicted molar refractivity (Wildman–Crippen MR) is 52.3 cm³/mol. The number of nitrogens with zero attached hydrogens (tertiary/aromatic N) is 1. The highest BCUT2D eigenvalue weighted by Gasteiger charge is 1.88. The smallest absolute Gasteiger partial charge is 0.328 e. The second kappa shape index (κ2) is 8.24. The summed E-state index contributed by atoms with van der Waals surface area (Å²) in [6.45, 7) is 0. The van der Waals surface area contributed by atoms with Crippen LogP contribution in [0.2, 0.25) is 0 Å². The standard InChI is InChI=1S/C5H5NO.C4H4O4/c1-2-6-3-5-7-4-1;5-3(6)1-2-4(7)8/h1-5H;1-2H,(H,5,6)(H,7,8). The Labute approximate surface area is 85.5 Å². The van der Waals surface area contributed by atoms with Gasteiger partial charge in [-0.25, -0.2) is 9.59 Å². The molecule has 80 valence electrons. The van der Waals surface area contributed by atoms with E-state index in [0.717, 1.165) is 0 Å². The largest absolute Gasteiger partial charge is 0.478 e. The van der Waals surface area contributed by atoms with Crippen LogP contribution < -0.4 is 0 Å². The van der Waals surface area contributed by atoms with Gasteiger partial charge in [0.05, 0.1) is 12.5 Å². The Bertz CT molecular complexity index is 297. The molecule has 0 atom stereocenters. The van der Waals surface area contributed by atoms with Crippen LogP contribution in [-0.4, -0.2) is 28.4 Å². The number of hydrogen-bond acceptors (Lipinski definition) is 4. The summed E-state index contributed by atoms with van der Waals surface area (Å²) in [6.07, 6.45) is 9.15. The molecule has 0 fully saturated rings. The highest BCUT2D eigenvalue weighted by Crippen LogP contribution is 1.84. The maximum atomic E-state index is 9.55. The van der Waals surface area contributed by atoms with Gasteiger partial charge in [-0.2, -0.15) is 0 Å². The SMILES string of the molecule is C1=COC=CN=C1.O=C(O)C=CC(=O)O. The minimum atomic E-state index is -1.26. The highest BCUT2D eigenvalue weighted by molar-refractivity contribution is 5.89. The second-order valence-corrected chi connectivity index (χ2v) is 2.06. The molecule has 2 N–H and O–H groups in total. The summed E-state index contributed by atoms with van der Waals surface area (Å²) in [6, 6.07) is 0. The van der Waals surface area contributed by atoms with Gasteiger partial charge in [0.25, 0.3) is 0 Å². The number of allylic oxidation sites excluding steroid dienone is 1. The molecule has 0 aromatic heterocycles. The fourth-order valence-corrected chi connectivity index (χ4v) is 0.438. The van der Waals surface area contributed by atoms with Gasteiger partial charge in [0.1, 0.15) is 6.26 Å². The fraction of sp³-hybridized carbons (Fsp3) is 0. The summed E-state index contributed by atoms with van der Waals surface area (Å²) in [5.74, 6) is -2.51. The van der Waals surface area contributed by atoms with Gasteiger partial charge >= 0.3 is 11.9 Å². The predicted octanol–water partition coefficient (Wildman–Crippen LogP) is 0.784. The summed E-state index contributed by atoms with van der Waals surface area (Å²) < 4.78 is 4.71. The van der Waals surface area contributed by atoms with Crippen molar-refractivity contribution in [3.63, 3.8) is 0 Å². The Morgan fingerprint density at radius 1 is 1.13 bits per heavy atom. The number of carboxylic acids is 2. The summed E-state index contributed by atoms with van der Waals surface area (Å²) >= 11 is 0. The van der Waals surface area contributed by atoms with Gasteiger partial charge in [-0.3, -0.25) is 4.99 Å². The Kier molecular flexibility index (Phi) is 6.94. The molecule has 6 nitrogen and oxygen atoms in total. The van der Waals surface area contributed by atoms with Crippen LogP contribution in [0.3, 0.4) is 0 Å². The Balaban J connectivity index is 0.000000262. The van der Waals surface area contributed by atoms with Crippen molar-refractivity contribution >= 4 is 18.2 Å². The summed E-state index contributed by atoms with van der Waals surface area (Å²) in [4.78, 5) is 22.9. The van der Waals surface area contributed by atoms with Crippen LogP contribution in [0.25, 0.3) is 0 Å². The van der Waals surface area contributed by atoms with Crippen molar-refractivity contribution in [2.24, 2.45) is 4.99 Å². The van der Waals surface area contributed by atoms with Gasteiger partial charge in [0.2, 0.25) is 0 Å². The van der Waals surface area contributed by atoms with E-state index in [-0.39, 0.29) is 0 Å². The molecule has 1 rings (SSSR count). The van der Waals surface area contributed by atoms with E-state index < -0.39 is 11.9 Å². The van der Waals surface area contributed by atoms with Gasteiger partial charge in [0, 0.05) is 18.4 Å². The zero-order valence-corrected chi connectivity index (χ0v) is 7.61. The van der Waals surface area contributed by atoms with Crippen molar-refractivity contribution in [1.29, 1.82) is 0 Å². The third-order valence-electron chi connectivity index (χ3n) is 0.923. The molecule has 0 amide bonds. The number of rotatable bonds is 2. The van der Waals surface area contributed by atoms with Crippen molar-refractivity contribution < 1.29 is 24.5 Å². The minimum Gasteiger partial charge on any atom is -0.478 e. The van der Waals surface area contributed by atoms with Crippen LogP contribution in [0.15, 0.2) is 41.9 Å². The lowest BCUT2D eigenvalue weighted by Gasteiger charge is -1.78. The van der Waals surface area contributed by atoms with Crippen LogP contribution in [0.5, 0.6) is 0 Å². The van der Waals surface area contributed by atoms with E-state index in [4.69, 9.17) is 14.9 Å². The molecule has 15 heavy (non-hydrogen) atoms. The third-order valence-corrected chi connectivity index (χ3v) is 0.923. The van der Waals surface area contributed by atoms with Crippen LogP contribution in [-0.2, 0) is 14.3 Å². The molecule has 0 aromatic rings. The van der Waals surface area contributed by atoms with Crippen molar-refractivity contribution in [2.45, 2.75) is 0 Å². The number of carbonyl (C=O) groups is 2. The van der Waals surface area contributed by atoms with Gasteiger partial charge in [-0.05, 0) is 6.08 Å². The number of hydrogen-bond donors (Lipinski definition) is 2. The van der Waals surface area contributed by atoms with Crippen molar-refractivity contribution in [2.75, 3.05) is 0 Å². The minimum absolute atomic E-state index is 0.558. The van der Waals surface area contributed by atoms with E-state index in [9.17, 15) is 9.59 Å². The lowest BCUT2D eigenvalue weighted by molar-refractivity contribution is -0.134. The number of ether oxygens (including phenoxy) is 1. The van der Waals surface area contributed by atoms with Crippen LogP contribution in [0, 0.1) is 0 Å². The molecule has 1 aliphatic heterocycles. The van der Waals surface area contributed by atoms with Crippen LogP contribution in [0.1, 0.15) is 0 Å². The van der Waals surface area contributed by atoms with E-state index in [1.165, 1.54) is 6.26 Å². The lowest BCUT2D eigenvalue weighted by Crippen LogP contribution is -1.91. The first kappa shape index (κ1) is 12.6. The molecule has 0 saturated carbocycles. The summed E-state index contributed by atoms with van der Waals surface area (Å²) in [5.41, 5.74) is 0. The van der Waals surface area contributed by atoms with E-state index >= 15 is 0 Å². The maximum Gasteiger partial charge on any atom is 0.328 e. The van der Waals surface area contributed by atoms with Gasteiger partial charge in [0.15, 0.2) is 0 Å². The molecule has 0 aliphatic carbocycles. The topological polar surface area (TPSA) is 96.2 Å². The molecular weight excluding hydrogens is 202 g/mol. The van der Waals surface area contributed by atoms with E-state index in [0.29, 0.717) is 12.2 Å². The number of carboxylic acid groups (broad SMARTS) is 2. The van der Waals surface area contributed by atoms with Crippen molar-refractivity contribution in [3.8, 4) is 0 Å². The Hall–Kier alpha value is -2.37. The first-order valence-corrected chi connectivity index (χ1v) is 3.75. The quantitative estimate of drug-likeness (QED) is 0.658. The Morgan fingerprint density at radius 2 is 1.73 bits per heavy atom.